The average molecular weight is 387 g/mol. The van der Waals surface area contributed by atoms with Crippen molar-refractivity contribution >= 4 is 33.1 Å². The van der Waals surface area contributed by atoms with Crippen LogP contribution < -0.4 is 9.80 Å². The lowest BCUT2D eigenvalue weighted by Crippen LogP contribution is -3.10. The summed E-state index contributed by atoms with van der Waals surface area (Å²) >= 11 is 5.80. The minimum atomic E-state index is -4.58. The van der Waals surface area contributed by atoms with Crippen LogP contribution in [0.25, 0.3) is 0 Å². The van der Waals surface area contributed by atoms with Gasteiger partial charge >= 0.3 is 6.18 Å². The molecule has 2 unspecified atom stereocenters. The van der Waals surface area contributed by atoms with Crippen LogP contribution in [0, 0.1) is 0 Å². The van der Waals surface area contributed by atoms with E-state index in [4.69, 9.17) is 11.6 Å². The Morgan fingerprint density at radius 3 is 2.50 bits per heavy atom. The quantitative estimate of drug-likeness (QED) is 0.786. The van der Waals surface area contributed by atoms with Crippen molar-refractivity contribution in [1.29, 1.82) is 0 Å². The van der Waals surface area contributed by atoms with E-state index in [1.807, 2.05) is 13.8 Å². The smallest absolute Gasteiger partial charge is 0.417 e. The normalized spacial score (nSPS) is 21.2. The molecular weight excluding hydrogens is 369 g/mol. The lowest BCUT2D eigenvalue weighted by atomic mass is 10.1. The molecule has 0 bridgehead atoms. The number of halogens is 4. The molecule has 1 aliphatic heterocycles. The highest BCUT2D eigenvalue weighted by Gasteiger charge is 2.41. The van der Waals surface area contributed by atoms with Crippen molar-refractivity contribution < 1.29 is 31.0 Å². The molecule has 0 saturated heterocycles. The van der Waals surface area contributed by atoms with Crippen molar-refractivity contribution in [1.82, 2.24) is 0 Å². The number of anilines is 1. The van der Waals surface area contributed by atoms with Gasteiger partial charge in [0.1, 0.15) is 5.69 Å². The molecule has 1 aromatic rings. The van der Waals surface area contributed by atoms with E-state index >= 15 is 0 Å². The van der Waals surface area contributed by atoms with E-state index in [-0.39, 0.29) is 24.2 Å². The monoisotopic (exact) mass is 386 g/mol. The van der Waals surface area contributed by atoms with Crippen molar-refractivity contribution in [2.45, 2.75) is 32.6 Å². The minimum Gasteiger partial charge on any atom is -0.748 e. The Morgan fingerprint density at radius 1 is 1.38 bits per heavy atom. The summed E-state index contributed by atoms with van der Waals surface area (Å²) in [4.78, 5) is 2.64. The molecule has 0 aromatic heterocycles. The van der Waals surface area contributed by atoms with Crippen LogP contribution in [0.3, 0.4) is 0 Å². The standard InChI is InChI=1S/C14H18ClF3N2O3S/c1-3-19-9(2)20(5-4-6-24(21,22)23)12-7-10(14(16,17)18)11(15)8-13(12)19/h7-9H,3-6H2,1-2H3,(H,21,22,23). The largest absolute Gasteiger partial charge is 0.748 e. The molecule has 10 heteroatoms. The molecule has 1 N–H and O–H groups in total. The Labute approximate surface area is 143 Å². The van der Waals surface area contributed by atoms with Gasteiger partial charge in [-0.25, -0.2) is 8.42 Å². The highest BCUT2D eigenvalue weighted by Crippen LogP contribution is 2.41. The van der Waals surface area contributed by atoms with Gasteiger partial charge in [-0.1, -0.05) is 11.6 Å². The Morgan fingerprint density at radius 2 is 2.00 bits per heavy atom. The molecule has 1 heterocycles. The van der Waals surface area contributed by atoms with Gasteiger partial charge in [0.15, 0.2) is 11.9 Å². The number of alkyl halides is 3. The Balaban J connectivity index is 2.39. The number of nitrogens with zero attached hydrogens (tertiary/aromatic N) is 1. The van der Waals surface area contributed by atoms with Gasteiger partial charge in [-0.05, 0) is 19.4 Å². The fourth-order valence-corrected chi connectivity index (χ4v) is 3.86. The highest BCUT2D eigenvalue weighted by atomic mass is 35.5. The summed E-state index contributed by atoms with van der Waals surface area (Å²) in [7, 11) is -4.35. The second-order valence-corrected chi connectivity index (χ2v) is 7.64. The predicted octanol–water partition coefficient (Wildman–Crippen LogP) is 2.00. The first kappa shape index (κ1) is 19.3. The Kier molecular flexibility index (Phi) is 5.39. The van der Waals surface area contributed by atoms with Crippen molar-refractivity contribution in [3.8, 4) is 0 Å². The van der Waals surface area contributed by atoms with Gasteiger partial charge in [-0.15, -0.1) is 0 Å². The summed E-state index contributed by atoms with van der Waals surface area (Å²) in [6.45, 7) is 4.54. The van der Waals surface area contributed by atoms with E-state index in [1.54, 1.807) is 4.90 Å². The maximum Gasteiger partial charge on any atom is 0.417 e. The van der Waals surface area contributed by atoms with E-state index in [0.29, 0.717) is 17.9 Å². The molecule has 136 valence electrons. The summed E-state index contributed by atoms with van der Waals surface area (Å²) < 4.78 is 71.5. The second kappa shape index (κ2) is 6.70. The van der Waals surface area contributed by atoms with Crippen LogP contribution in [0.4, 0.5) is 24.5 Å². The molecule has 0 spiro atoms. The van der Waals surface area contributed by atoms with Gasteiger partial charge in [0.2, 0.25) is 0 Å². The lowest BCUT2D eigenvalue weighted by Gasteiger charge is -2.25. The number of quaternary nitrogens is 1. The predicted molar refractivity (Wildman–Crippen MR) is 83.6 cm³/mol. The van der Waals surface area contributed by atoms with Gasteiger partial charge in [0.05, 0.1) is 27.2 Å². The van der Waals surface area contributed by atoms with E-state index in [1.165, 1.54) is 6.07 Å². The molecular formula is C14H18ClF3N2O3S. The van der Waals surface area contributed by atoms with Crippen molar-refractivity contribution in [2.75, 3.05) is 23.7 Å². The summed E-state index contributed by atoms with van der Waals surface area (Å²) in [5, 5.41) is -0.358. The maximum absolute atomic E-state index is 13.1. The van der Waals surface area contributed by atoms with Gasteiger partial charge in [-0.3, -0.25) is 4.90 Å². The molecule has 2 rings (SSSR count). The summed E-state index contributed by atoms with van der Waals surface area (Å²) in [5.74, 6) is -0.549. The summed E-state index contributed by atoms with van der Waals surface area (Å²) in [5.41, 5.74) is 0.0984. The topological polar surface area (TPSA) is 64.9 Å². The maximum atomic E-state index is 13.1. The van der Waals surface area contributed by atoms with Crippen molar-refractivity contribution in [2.24, 2.45) is 0 Å². The van der Waals surface area contributed by atoms with Crippen LogP contribution in [0.1, 0.15) is 25.8 Å². The molecule has 0 saturated carbocycles. The molecule has 24 heavy (non-hydrogen) atoms. The Hall–Kier alpha value is -1.03. The number of nitrogens with one attached hydrogen (secondary N) is 1. The van der Waals surface area contributed by atoms with E-state index in [2.05, 4.69) is 0 Å². The molecule has 0 aliphatic carbocycles. The zero-order valence-corrected chi connectivity index (χ0v) is 14.7. The van der Waals surface area contributed by atoms with Gasteiger partial charge in [-0.2, -0.15) is 13.2 Å². The van der Waals surface area contributed by atoms with Crippen LogP contribution in [-0.2, 0) is 16.3 Å². The third-order valence-electron chi connectivity index (χ3n) is 4.19. The number of benzene rings is 1. The van der Waals surface area contributed by atoms with Crippen LogP contribution in [0.2, 0.25) is 5.02 Å². The Bertz CT molecular complexity index is 725. The number of hydrogen-bond donors (Lipinski definition) is 1. The summed E-state index contributed by atoms with van der Waals surface area (Å²) in [6, 6.07) is 2.32. The number of fused-ring (bicyclic) bond motifs is 1. The molecule has 0 fully saturated rings. The van der Waals surface area contributed by atoms with Crippen LogP contribution in [0.5, 0.6) is 0 Å². The van der Waals surface area contributed by atoms with E-state index < -0.39 is 27.6 Å². The van der Waals surface area contributed by atoms with Gasteiger partial charge < -0.3 is 9.45 Å². The number of hydrogen-bond acceptors (Lipinski definition) is 4. The van der Waals surface area contributed by atoms with E-state index in [9.17, 15) is 26.1 Å². The first-order valence-corrected chi connectivity index (χ1v) is 9.38. The highest BCUT2D eigenvalue weighted by molar-refractivity contribution is 7.85. The average Bonchev–Trinajstić information content (AvgIpc) is 2.67. The molecule has 5 nitrogen and oxygen atoms in total. The summed E-state index contributed by atoms with van der Waals surface area (Å²) in [6.07, 6.45) is -4.70. The minimum absolute atomic E-state index is 0.0522. The SMILES string of the molecule is CC[NH+]1c2cc(Cl)c(C(F)(F)F)cc2N(CCCS(=O)(=O)[O-])C1C. The molecule has 1 aliphatic rings. The molecule has 2 atom stereocenters. The lowest BCUT2D eigenvalue weighted by molar-refractivity contribution is -0.849. The van der Waals surface area contributed by atoms with Crippen molar-refractivity contribution in [3.05, 3.63) is 22.7 Å². The third-order valence-corrected chi connectivity index (χ3v) is 5.29. The molecule has 1 aromatic carbocycles. The van der Waals surface area contributed by atoms with E-state index in [0.717, 1.165) is 11.0 Å². The first-order chi connectivity index (χ1) is 11.0. The van der Waals surface area contributed by atoms with Crippen molar-refractivity contribution in [3.63, 3.8) is 0 Å². The zero-order chi connectivity index (χ0) is 18.3. The van der Waals surface area contributed by atoms with Crippen LogP contribution in [0.15, 0.2) is 12.1 Å². The van der Waals surface area contributed by atoms with Gasteiger partial charge in [0.25, 0.3) is 0 Å². The van der Waals surface area contributed by atoms with Gasteiger partial charge in [0, 0.05) is 25.3 Å². The molecule has 0 amide bonds. The number of rotatable bonds is 5. The zero-order valence-electron chi connectivity index (χ0n) is 13.2. The fourth-order valence-electron chi connectivity index (χ4n) is 3.11. The second-order valence-electron chi connectivity index (χ2n) is 5.71. The first-order valence-electron chi connectivity index (χ1n) is 7.42. The van der Waals surface area contributed by atoms with Crippen LogP contribution >= 0.6 is 11.6 Å². The fraction of sp³-hybridized carbons (Fsp3) is 0.571. The third kappa shape index (κ3) is 3.96. The molecule has 0 radical (unpaired) electrons. The van der Waals surface area contributed by atoms with Crippen LogP contribution in [-0.4, -0.2) is 38.0 Å².